The topological polar surface area (TPSA) is 87.1 Å². The molecule has 6 heteroatoms. The van der Waals surface area contributed by atoms with E-state index in [1.54, 1.807) is 13.8 Å². The first-order chi connectivity index (χ1) is 7.51. The van der Waals surface area contributed by atoms with Crippen LogP contribution in [0.1, 0.15) is 26.7 Å². The molecule has 0 saturated carbocycles. The summed E-state index contributed by atoms with van der Waals surface area (Å²) in [6, 6.07) is 0. The van der Waals surface area contributed by atoms with Crippen molar-refractivity contribution in [1.29, 1.82) is 0 Å². The lowest BCUT2D eigenvalue weighted by Crippen LogP contribution is -2.34. The van der Waals surface area contributed by atoms with Crippen LogP contribution in [0, 0.1) is 5.92 Å². The van der Waals surface area contributed by atoms with Gasteiger partial charge in [-0.2, -0.15) is 5.06 Å². The van der Waals surface area contributed by atoms with E-state index in [0.717, 1.165) is 0 Å². The van der Waals surface area contributed by atoms with Crippen LogP contribution >= 0.6 is 0 Å². The summed E-state index contributed by atoms with van der Waals surface area (Å²) in [5.74, 6) is -2.34. The Morgan fingerprint density at radius 3 is 2.31 bits per heavy atom. The molecule has 0 aliphatic heterocycles. The molecule has 0 aliphatic carbocycles. The summed E-state index contributed by atoms with van der Waals surface area (Å²) in [4.78, 5) is 26.4. The molecule has 0 aromatic heterocycles. The van der Waals surface area contributed by atoms with E-state index < -0.39 is 17.9 Å². The van der Waals surface area contributed by atoms with Crippen LogP contribution in [0.3, 0.4) is 0 Å². The predicted molar refractivity (Wildman–Crippen MR) is 56.9 cm³/mol. The van der Waals surface area contributed by atoms with Gasteiger partial charge in [-0.25, -0.2) is 0 Å². The number of hydroxylamine groups is 2. The van der Waals surface area contributed by atoms with Gasteiger partial charge in [0.1, 0.15) is 0 Å². The monoisotopic (exact) mass is 233 g/mol. The fourth-order valence-corrected chi connectivity index (χ4v) is 1.24. The van der Waals surface area contributed by atoms with Crippen molar-refractivity contribution < 1.29 is 24.6 Å². The molecule has 0 rings (SSSR count). The third-order valence-corrected chi connectivity index (χ3v) is 2.15. The fourth-order valence-electron chi connectivity index (χ4n) is 1.24. The highest BCUT2D eigenvalue weighted by Crippen LogP contribution is 2.07. The molecule has 0 heterocycles. The Morgan fingerprint density at radius 2 is 1.94 bits per heavy atom. The first-order valence-electron chi connectivity index (χ1n) is 5.33. The molecule has 0 aromatic carbocycles. The molecule has 0 saturated heterocycles. The van der Waals surface area contributed by atoms with Crippen LogP contribution in [-0.4, -0.2) is 46.9 Å². The van der Waals surface area contributed by atoms with E-state index in [2.05, 4.69) is 0 Å². The highest BCUT2D eigenvalue weighted by Gasteiger charge is 2.20. The van der Waals surface area contributed by atoms with Gasteiger partial charge in [0.05, 0.1) is 18.9 Å². The van der Waals surface area contributed by atoms with Crippen molar-refractivity contribution in [3.8, 4) is 0 Å². The van der Waals surface area contributed by atoms with E-state index in [-0.39, 0.29) is 19.5 Å². The Morgan fingerprint density at radius 1 is 1.31 bits per heavy atom. The van der Waals surface area contributed by atoms with Crippen molar-refractivity contribution in [2.24, 2.45) is 5.92 Å². The smallest absolute Gasteiger partial charge is 0.307 e. The van der Waals surface area contributed by atoms with E-state index >= 15 is 0 Å². The van der Waals surface area contributed by atoms with Crippen LogP contribution in [0.15, 0.2) is 0 Å². The molecule has 0 radical (unpaired) electrons. The average molecular weight is 233 g/mol. The Hall–Kier alpha value is -1.14. The van der Waals surface area contributed by atoms with Crippen molar-refractivity contribution in [2.45, 2.75) is 26.7 Å². The van der Waals surface area contributed by atoms with Crippen molar-refractivity contribution in [2.75, 3.05) is 19.7 Å². The Balaban J connectivity index is 4.18. The first-order valence-corrected chi connectivity index (χ1v) is 5.33. The van der Waals surface area contributed by atoms with E-state index in [4.69, 9.17) is 15.1 Å². The number of nitrogens with zero attached hydrogens (tertiary/aromatic N) is 1. The summed E-state index contributed by atoms with van der Waals surface area (Å²) < 4.78 is 0. The zero-order chi connectivity index (χ0) is 12.6. The lowest BCUT2D eigenvalue weighted by molar-refractivity contribution is -0.175. The zero-order valence-corrected chi connectivity index (χ0v) is 9.68. The van der Waals surface area contributed by atoms with E-state index in [9.17, 15) is 9.59 Å². The maximum atomic E-state index is 10.8. The molecular formula is C10H19NO5. The summed E-state index contributed by atoms with van der Waals surface area (Å²) in [5.41, 5.74) is 0. The molecule has 16 heavy (non-hydrogen) atoms. The van der Waals surface area contributed by atoms with Crippen LogP contribution in [-0.2, 0) is 14.4 Å². The molecule has 0 aromatic rings. The van der Waals surface area contributed by atoms with Crippen LogP contribution in [0.2, 0.25) is 0 Å². The summed E-state index contributed by atoms with van der Waals surface area (Å²) in [7, 11) is 0. The second-order valence-corrected chi connectivity index (χ2v) is 3.39. The van der Waals surface area contributed by atoms with Gasteiger partial charge in [-0.1, -0.05) is 6.92 Å². The number of aliphatic carboxylic acids is 2. The molecule has 94 valence electrons. The van der Waals surface area contributed by atoms with Crippen molar-refractivity contribution in [3.05, 3.63) is 0 Å². The molecule has 0 aliphatic rings. The van der Waals surface area contributed by atoms with Crippen molar-refractivity contribution in [3.63, 3.8) is 0 Å². The van der Waals surface area contributed by atoms with Gasteiger partial charge in [-0.15, -0.1) is 0 Å². The lowest BCUT2D eigenvalue weighted by atomic mass is 10.1. The summed E-state index contributed by atoms with van der Waals surface area (Å²) in [6.07, 6.45) is 0.433. The minimum Gasteiger partial charge on any atom is -0.481 e. The zero-order valence-electron chi connectivity index (χ0n) is 9.68. The van der Waals surface area contributed by atoms with Crippen LogP contribution in [0.25, 0.3) is 0 Å². The van der Waals surface area contributed by atoms with Crippen LogP contribution < -0.4 is 0 Å². The Kier molecular flexibility index (Phi) is 7.49. The maximum Gasteiger partial charge on any atom is 0.307 e. The fraction of sp³-hybridized carbons (Fsp3) is 0.800. The first kappa shape index (κ1) is 14.9. The third-order valence-electron chi connectivity index (χ3n) is 2.15. The average Bonchev–Trinajstić information content (AvgIpc) is 2.21. The number of rotatable bonds is 9. The normalized spacial score (nSPS) is 12.7. The number of carbonyl (C=O) groups is 2. The summed E-state index contributed by atoms with van der Waals surface area (Å²) >= 11 is 0. The highest BCUT2D eigenvalue weighted by atomic mass is 16.7. The van der Waals surface area contributed by atoms with Crippen LogP contribution in [0.4, 0.5) is 0 Å². The number of hydrogen-bond acceptors (Lipinski definition) is 4. The van der Waals surface area contributed by atoms with Gasteiger partial charge in [0.25, 0.3) is 0 Å². The highest BCUT2D eigenvalue weighted by molar-refractivity contribution is 5.70. The van der Waals surface area contributed by atoms with Crippen molar-refractivity contribution in [1.82, 2.24) is 5.06 Å². The number of hydrogen-bond donors (Lipinski definition) is 2. The second-order valence-electron chi connectivity index (χ2n) is 3.39. The predicted octanol–water partition coefficient (Wildman–Crippen LogP) is 0.825. The molecule has 1 atom stereocenters. The van der Waals surface area contributed by atoms with Gasteiger partial charge in [-0.3, -0.25) is 14.4 Å². The van der Waals surface area contributed by atoms with Gasteiger partial charge in [-0.05, 0) is 13.3 Å². The summed E-state index contributed by atoms with van der Waals surface area (Å²) in [5, 5.41) is 18.8. The quantitative estimate of drug-likeness (QED) is 0.573. The van der Waals surface area contributed by atoms with Gasteiger partial charge >= 0.3 is 11.9 Å². The molecule has 1 unspecified atom stereocenters. The number of carboxylic acids is 2. The third kappa shape index (κ3) is 6.36. The molecule has 0 spiro atoms. The van der Waals surface area contributed by atoms with Gasteiger partial charge in [0.2, 0.25) is 0 Å². The van der Waals surface area contributed by atoms with Gasteiger partial charge in [0.15, 0.2) is 0 Å². The van der Waals surface area contributed by atoms with E-state index in [0.29, 0.717) is 13.0 Å². The molecule has 0 amide bonds. The standard InChI is InChI=1S/C10H19NO5/c1-3-8(10(14)15)7-11(16-4-2)6-5-9(12)13/h8H,3-7H2,1-2H3,(H,12,13)(H,14,15). The largest absolute Gasteiger partial charge is 0.481 e. The Labute approximate surface area is 94.8 Å². The molecule has 6 nitrogen and oxygen atoms in total. The molecular weight excluding hydrogens is 214 g/mol. The van der Waals surface area contributed by atoms with E-state index in [1.807, 2.05) is 0 Å². The van der Waals surface area contributed by atoms with E-state index in [1.165, 1.54) is 5.06 Å². The minimum absolute atomic E-state index is 0.0595. The molecule has 0 bridgehead atoms. The Bertz CT molecular complexity index is 231. The van der Waals surface area contributed by atoms with Crippen LogP contribution in [0.5, 0.6) is 0 Å². The summed E-state index contributed by atoms with van der Waals surface area (Å²) in [6.45, 7) is 4.37. The SMILES string of the molecule is CCON(CCC(=O)O)CC(CC)C(=O)O. The maximum absolute atomic E-state index is 10.8. The lowest BCUT2D eigenvalue weighted by Gasteiger charge is -2.23. The minimum atomic E-state index is -0.923. The number of carboxylic acid groups (broad SMARTS) is 2. The van der Waals surface area contributed by atoms with Crippen molar-refractivity contribution >= 4 is 11.9 Å². The second kappa shape index (κ2) is 8.06. The van der Waals surface area contributed by atoms with Gasteiger partial charge < -0.3 is 10.2 Å². The molecule has 0 fully saturated rings. The van der Waals surface area contributed by atoms with Gasteiger partial charge in [0, 0.05) is 13.1 Å². The molecule has 2 N–H and O–H groups in total.